The molecule has 1 amide bonds. The molecular formula is C55H107NO5. The Hall–Kier alpha value is -1.40. The van der Waals surface area contributed by atoms with Gasteiger partial charge in [-0.2, -0.15) is 0 Å². The lowest BCUT2D eigenvalue weighted by Crippen LogP contribution is -2.45. The molecule has 0 aromatic heterocycles. The molecule has 0 heterocycles. The molecule has 0 rings (SSSR count). The van der Waals surface area contributed by atoms with Crippen molar-refractivity contribution in [2.75, 3.05) is 13.2 Å². The fraction of sp³-hybridized carbons (Fsp3) is 0.927. The fourth-order valence-electron chi connectivity index (χ4n) is 8.58. The van der Waals surface area contributed by atoms with Gasteiger partial charge in [-0.25, -0.2) is 0 Å². The van der Waals surface area contributed by atoms with Gasteiger partial charge in [0.15, 0.2) is 0 Å². The number of esters is 1. The summed E-state index contributed by atoms with van der Waals surface area (Å²) in [5.41, 5.74) is 0. The number of carbonyl (C=O) groups excluding carboxylic acids is 2. The lowest BCUT2D eigenvalue weighted by Gasteiger charge is -2.22. The first-order valence-corrected chi connectivity index (χ1v) is 27.4. The predicted octanol–water partition coefficient (Wildman–Crippen LogP) is 16.5. The minimum atomic E-state index is -0.668. The van der Waals surface area contributed by atoms with Gasteiger partial charge in [-0.05, 0) is 51.4 Å². The number of carbonyl (C=O) groups is 2. The number of nitrogens with one attached hydrogen (secondary N) is 1. The van der Waals surface area contributed by atoms with Crippen LogP contribution in [-0.2, 0) is 14.3 Å². The molecule has 6 heteroatoms. The van der Waals surface area contributed by atoms with Crippen molar-refractivity contribution < 1.29 is 24.5 Å². The predicted molar refractivity (Wildman–Crippen MR) is 264 cm³/mol. The Labute approximate surface area is 380 Å². The first-order chi connectivity index (χ1) is 30.0. The standard InChI is InChI=1S/C55H107NO5/c1-3-5-7-9-11-13-15-17-20-24-27-31-35-39-43-47-53(58)52(51-57)56-54(59)48-44-40-36-32-28-25-21-18-19-22-26-30-34-38-42-46-50-61-55(60)49-45-41-37-33-29-23-16-14-12-10-8-6-4-2/h14,16,52-53,57-58H,3-13,15,17-51H2,1-2H3,(H,56,59)/b16-14-. The molecule has 0 aliphatic rings. The average Bonchev–Trinajstić information content (AvgIpc) is 3.26. The third-order valence-corrected chi connectivity index (χ3v) is 12.8. The fourth-order valence-corrected chi connectivity index (χ4v) is 8.58. The highest BCUT2D eigenvalue weighted by Crippen LogP contribution is 2.17. The Balaban J connectivity index is 3.42. The van der Waals surface area contributed by atoms with Gasteiger partial charge in [0.2, 0.25) is 5.91 Å². The number of ether oxygens (including phenoxy) is 1. The van der Waals surface area contributed by atoms with E-state index in [1.54, 1.807) is 0 Å². The van der Waals surface area contributed by atoms with Crippen LogP contribution in [0, 0.1) is 0 Å². The van der Waals surface area contributed by atoms with Gasteiger partial charge in [0, 0.05) is 12.8 Å². The van der Waals surface area contributed by atoms with E-state index in [1.807, 2.05) is 0 Å². The first kappa shape index (κ1) is 59.6. The topological polar surface area (TPSA) is 95.9 Å². The van der Waals surface area contributed by atoms with Crippen molar-refractivity contribution >= 4 is 11.9 Å². The van der Waals surface area contributed by atoms with Gasteiger partial charge >= 0.3 is 5.97 Å². The summed E-state index contributed by atoms with van der Waals surface area (Å²) in [4.78, 5) is 24.5. The van der Waals surface area contributed by atoms with Crippen LogP contribution in [0.3, 0.4) is 0 Å². The molecule has 61 heavy (non-hydrogen) atoms. The summed E-state index contributed by atoms with van der Waals surface area (Å²) in [5.74, 6) is -0.0460. The van der Waals surface area contributed by atoms with E-state index in [1.165, 1.54) is 225 Å². The van der Waals surface area contributed by atoms with E-state index in [2.05, 4.69) is 31.3 Å². The Morgan fingerprint density at radius 3 is 1.18 bits per heavy atom. The lowest BCUT2D eigenvalue weighted by molar-refractivity contribution is -0.143. The van der Waals surface area contributed by atoms with Crippen LogP contribution >= 0.6 is 0 Å². The van der Waals surface area contributed by atoms with Crippen LogP contribution in [0.15, 0.2) is 12.2 Å². The van der Waals surface area contributed by atoms with Gasteiger partial charge in [-0.1, -0.05) is 251 Å². The maximum atomic E-state index is 12.5. The van der Waals surface area contributed by atoms with Crippen molar-refractivity contribution in [2.24, 2.45) is 0 Å². The third kappa shape index (κ3) is 47.9. The molecular weight excluding hydrogens is 755 g/mol. The zero-order chi connectivity index (χ0) is 44.4. The summed E-state index contributed by atoms with van der Waals surface area (Å²) in [5, 5.41) is 23.2. The van der Waals surface area contributed by atoms with E-state index in [4.69, 9.17) is 4.74 Å². The van der Waals surface area contributed by atoms with Crippen LogP contribution in [0.25, 0.3) is 0 Å². The molecule has 0 aromatic carbocycles. The van der Waals surface area contributed by atoms with Crippen LogP contribution in [-0.4, -0.2) is 47.4 Å². The van der Waals surface area contributed by atoms with Gasteiger partial charge in [0.25, 0.3) is 0 Å². The molecule has 0 bridgehead atoms. The normalized spacial score (nSPS) is 12.7. The largest absolute Gasteiger partial charge is 0.466 e. The molecule has 3 N–H and O–H groups in total. The van der Waals surface area contributed by atoms with Gasteiger partial charge in [0.05, 0.1) is 25.4 Å². The smallest absolute Gasteiger partial charge is 0.305 e. The SMILES string of the molecule is CCCCCC/C=C\CCCCCCCC(=O)OCCCCCCCCCCCCCCCCCCC(=O)NC(CO)C(O)CCCCCCCCCCCCCCCCC. The van der Waals surface area contributed by atoms with Crippen molar-refractivity contribution in [1.82, 2.24) is 5.32 Å². The van der Waals surface area contributed by atoms with E-state index >= 15 is 0 Å². The van der Waals surface area contributed by atoms with Crippen LogP contribution in [0.2, 0.25) is 0 Å². The van der Waals surface area contributed by atoms with E-state index < -0.39 is 12.1 Å². The highest BCUT2D eigenvalue weighted by Gasteiger charge is 2.20. The quantitative estimate of drug-likeness (QED) is 0.0322. The number of allylic oxidation sites excluding steroid dienone is 2. The van der Waals surface area contributed by atoms with Crippen LogP contribution < -0.4 is 5.32 Å². The number of hydrogen-bond acceptors (Lipinski definition) is 5. The summed E-state index contributed by atoms with van der Waals surface area (Å²) in [6.45, 7) is 4.93. The Kier molecular flexibility index (Phi) is 50.1. The van der Waals surface area contributed by atoms with Crippen molar-refractivity contribution in [3.05, 3.63) is 12.2 Å². The van der Waals surface area contributed by atoms with Gasteiger partial charge in [-0.3, -0.25) is 9.59 Å². The number of amides is 1. The average molecular weight is 862 g/mol. The van der Waals surface area contributed by atoms with Gasteiger partial charge in [-0.15, -0.1) is 0 Å². The molecule has 362 valence electrons. The first-order valence-electron chi connectivity index (χ1n) is 27.4. The molecule has 2 unspecified atom stereocenters. The van der Waals surface area contributed by atoms with E-state index in [0.717, 1.165) is 44.9 Å². The zero-order valence-electron chi connectivity index (χ0n) is 41.2. The molecule has 0 spiro atoms. The summed E-state index contributed by atoms with van der Waals surface area (Å²) < 4.78 is 5.46. The Morgan fingerprint density at radius 1 is 0.443 bits per heavy atom. The van der Waals surface area contributed by atoms with E-state index in [-0.39, 0.29) is 18.5 Å². The summed E-state index contributed by atoms with van der Waals surface area (Å²) >= 11 is 0. The van der Waals surface area contributed by atoms with Gasteiger partial charge in [0.1, 0.15) is 0 Å². The molecule has 2 atom stereocenters. The maximum Gasteiger partial charge on any atom is 0.305 e. The van der Waals surface area contributed by atoms with Crippen molar-refractivity contribution in [1.29, 1.82) is 0 Å². The molecule has 0 radical (unpaired) electrons. The molecule has 0 saturated carbocycles. The molecule has 0 saturated heterocycles. The Bertz CT molecular complexity index is 909. The molecule has 0 aliphatic heterocycles. The number of hydrogen-bond donors (Lipinski definition) is 3. The van der Waals surface area contributed by atoms with Crippen LogP contribution in [0.4, 0.5) is 0 Å². The summed E-state index contributed by atoms with van der Waals surface area (Å²) in [6, 6.07) is -0.546. The minimum absolute atomic E-state index is 0.00566. The van der Waals surface area contributed by atoms with E-state index in [9.17, 15) is 19.8 Å². The van der Waals surface area contributed by atoms with Crippen molar-refractivity contribution in [2.45, 2.75) is 315 Å². The molecule has 0 aromatic rings. The maximum absolute atomic E-state index is 12.5. The van der Waals surface area contributed by atoms with Crippen molar-refractivity contribution in [3.8, 4) is 0 Å². The second-order valence-electron chi connectivity index (χ2n) is 18.9. The second kappa shape index (κ2) is 51.2. The summed E-state index contributed by atoms with van der Waals surface area (Å²) in [7, 11) is 0. The monoisotopic (exact) mass is 862 g/mol. The highest BCUT2D eigenvalue weighted by molar-refractivity contribution is 5.76. The van der Waals surface area contributed by atoms with E-state index in [0.29, 0.717) is 25.9 Å². The number of aliphatic hydroxyl groups excluding tert-OH is 2. The summed E-state index contributed by atoms with van der Waals surface area (Å²) in [6.07, 6.45) is 59.0. The Morgan fingerprint density at radius 2 is 0.770 bits per heavy atom. The third-order valence-electron chi connectivity index (χ3n) is 12.8. The second-order valence-corrected chi connectivity index (χ2v) is 18.9. The van der Waals surface area contributed by atoms with Crippen LogP contribution in [0.1, 0.15) is 303 Å². The van der Waals surface area contributed by atoms with Crippen LogP contribution in [0.5, 0.6) is 0 Å². The number of aliphatic hydroxyl groups is 2. The highest BCUT2D eigenvalue weighted by atomic mass is 16.5. The van der Waals surface area contributed by atoms with Gasteiger partial charge < -0.3 is 20.3 Å². The molecule has 0 aliphatic carbocycles. The minimum Gasteiger partial charge on any atom is -0.466 e. The number of rotatable bonds is 51. The molecule has 6 nitrogen and oxygen atoms in total. The molecule has 0 fully saturated rings. The lowest BCUT2D eigenvalue weighted by atomic mass is 10.0. The number of unbranched alkanes of at least 4 members (excludes halogenated alkanes) is 38. The zero-order valence-corrected chi connectivity index (χ0v) is 41.2. The van der Waals surface area contributed by atoms with Crippen molar-refractivity contribution in [3.63, 3.8) is 0 Å².